The third-order valence-electron chi connectivity index (χ3n) is 7.57. The van der Waals surface area contributed by atoms with Crippen LogP contribution >= 0.6 is 23.2 Å². The average molecular weight is 576 g/mol. The van der Waals surface area contributed by atoms with Gasteiger partial charge in [0.2, 0.25) is 5.95 Å². The molecule has 0 saturated carbocycles. The van der Waals surface area contributed by atoms with Gasteiger partial charge in [0.05, 0.1) is 30.8 Å². The van der Waals surface area contributed by atoms with Crippen molar-refractivity contribution in [1.82, 2.24) is 14.3 Å². The largest absolute Gasteiger partial charge is 0.464 e. The smallest absolute Gasteiger partial charge is 0.347 e. The maximum atomic E-state index is 13.6. The molecule has 0 N–H and O–H groups in total. The van der Waals surface area contributed by atoms with E-state index in [1.165, 1.54) is 27.3 Å². The third kappa shape index (κ3) is 4.82. The molecule has 0 radical (unpaired) electrons. The number of anilines is 1. The minimum absolute atomic E-state index is 0.0461. The molecule has 0 bridgehead atoms. The molecule has 8 nitrogen and oxygen atoms in total. The summed E-state index contributed by atoms with van der Waals surface area (Å²) < 4.78 is 8.13. The monoisotopic (exact) mass is 575 g/mol. The van der Waals surface area contributed by atoms with Crippen LogP contribution in [0.25, 0.3) is 0 Å². The minimum atomic E-state index is -0.408. The summed E-state index contributed by atoms with van der Waals surface area (Å²) in [6, 6.07) is 23.5. The van der Waals surface area contributed by atoms with E-state index in [0.29, 0.717) is 22.5 Å². The van der Waals surface area contributed by atoms with E-state index >= 15 is 0 Å². The van der Waals surface area contributed by atoms with E-state index in [9.17, 15) is 9.59 Å². The summed E-state index contributed by atoms with van der Waals surface area (Å²) in [6.07, 6.45) is 1.81. The molecule has 2 aliphatic rings. The number of hydrogen-bond donors (Lipinski definition) is 0. The van der Waals surface area contributed by atoms with Crippen LogP contribution in [0.15, 0.2) is 82.7 Å². The summed E-state index contributed by atoms with van der Waals surface area (Å²) in [5.74, 6) is -0.00674. The van der Waals surface area contributed by atoms with Crippen molar-refractivity contribution < 1.29 is 9.53 Å². The Morgan fingerprint density at radius 2 is 1.70 bits per heavy atom. The molecule has 1 atom stereocenters. The number of halogens is 2. The Morgan fingerprint density at radius 3 is 2.42 bits per heavy atom. The van der Waals surface area contributed by atoms with Crippen molar-refractivity contribution in [3.05, 3.63) is 116 Å². The number of esters is 1. The molecule has 0 amide bonds. The first-order valence-corrected chi connectivity index (χ1v) is 13.9. The van der Waals surface area contributed by atoms with Gasteiger partial charge in [-0.15, -0.1) is 5.10 Å². The molecule has 4 aromatic rings. The van der Waals surface area contributed by atoms with Crippen LogP contribution in [0.5, 0.6) is 0 Å². The lowest BCUT2D eigenvalue weighted by Crippen LogP contribution is -2.38. The highest BCUT2D eigenvalue weighted by Crippen LogP contribution is 2.46. The van der Waals surface area contributed by atoms with Gasteiger partial charge in [0, 0.05) is 17.0 Å². The van der Waals surface area contributed by atoms with Crippen LogP contribution in [-0.2, 0) is 34.5 Å². The lowest BCUT2D eigenvalue weighted by atomic mass is 9.75. The molecule has 1 aromatic heterocycles. The first-order chi connectivity index (χ1) is 19.3. The van der Waals surface area contributed by atoms with Gasteiger partial charge < -0.3 is 4.74 Å². The van der Waals surface area contributed by atoms with Gasteiger partial charge in [-0.1, -0.05) is 71.7 Å². The summed E-state index contributed by atoms with van der Waals surface area (Å²) in [4.78, 5) is 25.1. The summed E-state index contributed by atoms with van der Waals surface area (Å²) in [5, 5.41) is 13.0. The van der Waals surface area contributed by atoms with Crippen LogP contribution in [0.4, 0.5) is 5.95 Å². The van der Waals surface area contributed by atoms with Gasteiger partial charge in [0.25, 0.3) is 0 Å². The Balaban J connectivity index is 1.44. The maximum Gasteiger partial charge on any atom is 0.347 e. The number of aryl methyl sites for hydroxylation is 1. The third-order valence-corrected chi connectivity index (χ3v) is 8.07. The van der Waals surface area contributed by atoms with E-state index < -0.39 is 5.97 Å². The summed E-state index contributed by atoms with van der Waals surface area (Å²) in [5.41, 5.74) is 4.62. The topological polar surface area (TPSA) is 81.7 Å². The molecule has 2 heterocycles. The Kier molecular flexibility index (Phi) is 6.98. The van der Waals surface area contributed by atoms with E-state index in [0.717, 1.165) is 29.7 Å². The van der Waals surface area contributed by atoms with Crippen molar-refractivity contribution in [2.45, 2.75) is 38.3 Å². The van der Waals surface area contributed by atoms with Crippen LogP contribution < -0.4 is 10.7 Å². The lowest BCUT2D eigenvalue weighted by Gasteiger charge is -2.27. The highest BCUT2D eigenvalue weighted by atomic mass is 35.5. The molecule has 0 saturated heterocycles. The highest BCUT2D eigenvalue weighted by molar-refractivity contribution is 6.31. The number of benzene rings is 3. The van der Waals surface area contributed by atoms with Crippen molar-refractivity contribution in [3.8, 4) is 0 Å². The summed E-state index contributed by atoms with van der Waals surface area (Å²) >= 11 is 12.3. The van der Waals surface area contributed by atoms with E-state index in [4.69, 9.17) is 38.1 Å². The highest BCUT2D eigenvalue weighted by Gasteiger charge is 2.49. The van der Waals surface area contributed by atoms with Crippen LogP contribution in [0.1, 0.15) is 35.6 Å². The van der Waals surface area contributed by atoms with Gasteiger partial charge in [-0.2, -0.15) is 5.10 Å². The van der Waals surface area contributed by atoms with Gasteiger partial charge in [-0.3, -0.25) is 9.36 Å². The van der Waals surface area contributed by atoms with Gasteiger partial charge in [0.15, 0.2) is 0 Å². The van der Waals surface area contributed by atoms with E-state index in [1.807, 2.05) is 41.4 Å². The fourth-order valence-corrected chi connectivity index (χ4v) is 5.95. The van der Waals surface area contributed by atoms with Gasteiger partial charge in [0.1, 0.15) is 6.61 Å². The van der Waals surface area contributed by atoms with Crippen molar-refractivity contribution in [2.75, 3.05) is 18.2 Å². The molecule has 1 aliphatic carbocycles. The molecule has 40 heavy (non-hydrogen) atoms. The maximum absolute atomic E-state index is 13.6. The summed E-state index contributed by atoms with van der Waals surface area (Å²) in [6.45, 7) is 2.33. The number of rotatable bonds is 7. The SMILES string of the molecule is CC(=O)OCCn1c(N2CC3(CCc4ccccc43)C(c3ccc(Cl)cc3)=N2)nn(Cc2ccc(Cl)cc2)c1=O. The van der Waals surface area contributed by atoms with Crippen LogP contribution in [0.2, 0.25) is 10.0 Å². The molecule has 3 aromatic carbocycles. The van der Waals surface area contributed by atoms with Crippen molar-refractivity contribution in [2.24, 2.45) is 5.10 Å². The number of fused-ring (bicyclic) bond motifs is 2. The Morgan fingerprint density at radius 1 is 1.00 bits per heavy atom. The predicted octanol–water partition coefficient (Wildman–Crippen LogP) is 5.07. The number of carbonyl (C=O) groups excluding carboxylic acids is 1. The fourth-order valence-electron chi connectivity index (χ4n) is 5.70. The number of nitrogens with zero attached hydrogens (tertiary/aromatic N) is 5. The average Bonchev–Trinajstić information content (AvgIpc) is 3.61. The molecule has 1 unspecified atom stereocenters. The first kappa shape index (κ1) is 26.3. The van der Waals surface area contributed by atoms with Crippen molar-refractivity contribution in [1.29, 1.82) is 0 Å². The second kappa shape index (κ2) is 10.6. The van der Waals surface area contributed by atoms with E-state index in [-0.39, 0.29) is 30.8 Å². The van der Waals surface area contributed by atoms with Gasteiger partial charge in [-0.05, 0) is 59.4 Å². The Hall–Kier alpha value is -3.88. The predicted molar refractivity (Wildman–Crippen MR) is 155 cm³/mol. The quantitative estimate of drug-likeness (QED) is 0.287. The van der Waals surface area contributed by atoms with Crippen LogP contribution in [-0.4, -0.2) is 39.2 Å². The molecule has 10 heteroatoms. The summed E-state index contributed by atoms with van der Waals surface area (Å²) in [7, 11) is 0. The fraction of sp³-hybridized carbons (Fsp3) is 0.267. The van der Waals surface area contributed by atoms with Crippen LogP contribution in [0, 0.1) is 0 Å². The molecule has 0 fully saturated rings. The van der Waals surface area contributed by atoms with Crippen LogP contribution in [0.3, 0.4) is 0 Å². The number of hydrogen-bond acceptors (Lipinski definition) is 6. The number of hydrazone groups is 1. The Labute approximate surface area is 241 Å². The lowest BCUT2D eigenvalue weighted by molar-refractivity contribution is -0.141. The molecule has 1 spiro atoms. The van der Waals surface area contributed by atoms with Crippen molar-refractivity contribution in [3.63, 3.8) is 0 Å². The standard InChI is InChI=1S/C30H27Cl2N5O3/c1-20(38)40-17-16-35-28(34-36(29(35)39)18-21-6-10-24(31)11-7-21)37-19-30(15-14-22-4-2-3-5-26(22)30)27(33-37)23-8-12-25(32)13-9-23/h2-13H,14-19H2,1H3. The zero-order valence-corrected chi connectivity index (χ0v) is 23.4. The number of ether oxygens (including phenoxy) is 1. The zero-order chi connectivity index (χ0) is 27.9. The molecular formula is C30H27Cl2N5O3. The van der Waals surface area contributed by atoms with Gasteiger partial charge >= 0.3 is 11.7 Å². The normalized spacial score (nSPS) is 17.8. The van der Waals surface area contributed by atoms with E-state index in [1.54, 1.807) is 12.1 Å². The molecular weight excluding hydrogens is 549 g/mol. The Bertz CT molecular complexity index is 1660. The van der Waals surface area contributed by atoms with Gasteiger partial charge in [-0.25, -0.2) is 14.5 Å². The second-order valence-electron chi connectivity index (χ2n) is 10.1. The number of aromatic nitrogens is 3. The number of carbonyl (C=O) groups is 1. The minimum Gasteiger partial charge on any atom is -0.464 e. The molecule has 1 aliphatic heterocycles. The zero-order valence-electron chi connectivity index (χ0n) is 21.9. The van der Waals surface area contributed by atoms with Crippen molar-refractivity contribution >= 4 is 40.8 Å². The molecule has 204 valence electrons. The second-order valence-corrected chi connectivity index (χ2v) is 11.0. The first-order valence-electron chi connectivity index (χ1n) is 13.1. The molecule has 6 rings (SSSR count). The van der Waals surface area contributed by atoms with E-state index in [2.05, 4.69) is 24.3 Å².